The molecule has 8 heteroatoms. The Hall–Kier alpha value is -1.12. The van der Waals surface area contributed by atoms with Crippen molar-refractivity contribution in [3.63, 3.8) is 0 Å². The van der Waals surface area contributed by atoms with Crippen molar-refractivity contribution in [1.82, 2.24) is 9.62 Å². The molecule has 0 saturated carbocycles. The van der Waals surface area contributed by atoms with E-state index in [1.54, 1.807) is 7.05 Å². The first-order chi connectivity index (χ1) is 9.18. The topological polar surface area (TPSA) is 49.4 Å². The Morgan fingerprint density at radius 1 is 1.25 bits per heavy atom. The third-order valence-corrected chi connectivity index (χ3v) is 4.33. The summed E-state index contributed by atoms with van der Waals surface area (Å²) in [5.74, 6) is 0. The number of likely N-dealkylation sites (N-methyl/N-ethyl adjacent to an activating group) is 1. The summed E-state index contributed by atoms with van der Waals surface area (Å²) < 4.78 is 64.4. The Balaban J connectivity index is 2.94. The third kappa shape index (κ3) is 4.46. The molecule has 0 fully saturated rings. The minimum atomic E-state index is -4.70. The van der Waals surface area contributed by atoms with Gasteiger partial charge in [0.2, 0.25) is 10.0 Å². The van der Waals surface area contributed by atoms with Crippen LogP contribution in [0.5, 0.6) is 0 Å². The molecule has 0 heterocycles. The van der Waals surface area contributed by atoms with Crippen molar-refractivity contribution in [3.8, 4) is 0 Å². The summed E-state index contributed by atoms with van der Waals surface area (Å²) in [6.45, 7) is 3.09. The van der Waals surface area contributed by atoms with E-state index in [-0.39, 0.29) is 6.54 Å². The second-order valence-electron chi connectivity index (χ2n) is 4.29. The number of nitrogens with one attached hydrogen (secondary N) is 1. The fourth-order valence-corrected chi connectivity index (χ4v) is 2.79. The smallest absolute Gasteiger partial charge is 0.305 e. The minimum Gasteiger partial charge on any atom is -0.305 e. The van der Waals surface area contributed by atoms with Crippen LogP contribution >= 0.6 is 0 Å². The van der Waals surface area contributed by atoms with Crippen LogP contribution in [0.4, 0.5) is 13.2 Å². The summed E-state index contributed by atoms with van der Waals surface area (Å²) in [7, 11) is -2.38. The Morgan fingerprint density at radius 2 is 1.85 bits per heavy atom. The third-order valence-electron chi connectivity index (χ3n) is 2.81. The summed E-state index contributed by atoms with van der Waals surface area (Å²) >= 11 is 0. The van der Waals surface area contributed by atoms with Crippen LogP contribution in [0.25, 0.3) is 0 Å². The van der Waals surface area contributed by atoms with Gasteiger partial charge in [-0.15, -0.1) is 0 Å². The summed E-state index contributed by atoms with van der Waals surface area (Å²) in [5.41, 5.74) is -1.16. The SMILES string of the molecule is CCN(C)CCNS(=O)(=O)c1ccccc1C(F)(F)F. The van der Waals surface area contributed by atoms with Crippen molar-refractivity contribution in [2.24, 2.45) is 0 Å². The minimum absolute atomic E-state index is 0.0544. The number of nitrogens with zero attached hydrogens (tertiary/aromatic N) is 1. The lowest BCUT2D eigenvalue weighted by Gasteiger charge is -2.16. The Labute approximate surface area is 116 Å². The van der Waals surface area contributed by atoms with Crippen molar-refractivity contribution in [2.75, 3.05) is 26.7 Å². The summed E-state index contributed by atoms with van der Waals surface area (Å²) in [4.78, 5) is 1.10. The van der Waals surface area contributed by atoms with E-state index < -0.39 is 26.7 Å². The van der Waals surface area contributed by atoms with Crippen molar-refractivity contribution < 1.29 is 21.6 Å². The number of hydrogen-bond donors (Lipinski definition) is 1. The quantitative estimate of drug-likeness (QED) is 0.873. The molecule has 0 unspecified atom stereocenters. The molecular weight excluding hydrogens is 293 g/mol. The van der Waals surface area contributed by atoms with E-state index in [2.05, 4.69) is 4.72 Å². The maximum atomic E-state index is 12.8. The number of hydrogen-bond acceptors (Lipinski definition) is 3. The highest BCUT2D eigenvalue weighted by Crippen LogP contribution is 2.33. The standard InChI is InChI=1S/C12H17F3N2O2S/c1-3-17(2)9-8-16-20(18,19)11-7-5-4-6-10(11)12(13,14)15/h4-7,16H,3,8-9H2,1-2H3. The zero-order chi connectivity index (χ0) is 15.4. The molecule has 0 aliphatic heterocycles. The number of halogens is 3. The van der Waals surface area contributed by atoms with Crippen LogP contribution in [0.1, 0.15) is 12.5 Å². The number of sulfonamides is 1. The maximum Gasteiger partial charge on any atom is 0.417 e. The van der Waals surface area contributed by atoms with Crippen LogP contribution in [-0.4, -0.2) is 40.0 Å². The van der Waals surface area contributed by atoms with E-state index >= 15 is 0 Å². The first kappa shape index (κ1) is 16.9. The zero-order valence-corrected chi connectivity index (χ0v) is 12.1. The molecule has 0 aliphatic carbocycles. The van der Waals surface area contributed by atoms with Gasteiger partial charge in [0.15, 0.2) is 0 Å². The molecule has 0 saturated heterocycles. The van der Waals surface area contributed by atoms with Gasteiger partial charge in [-0.3, -0.25) is 0 Å². The van der Waals surface area contributed by atoms with Gasteiger partial charge in [0.1, 0.15) is 0 Å². The van der Waals surface area contributed by atoms with E-state index in [4.69, 9.17) is 0 Å². The van der Waals surface area contributed by atoms with E-state index in [9.17, 15) is 21.6 Å². The molecule has 0 bridgehead atoms. The maximum absolute atomic E-state index is 12.8. The van der Waals surface area contributed by atoms with Crippen LogP contribution in [0.3, 0.4) is 0 Å². The van der Waals surface area contributed by atoms with Gasteiger partial charge in [0.05, 0.1) is 10.5 Å². The van der Waals surface area contributed by atoms with Crippen LogP contribution in [0, 0.1) is 0 Å². The molecule has 1 N–H and O–H groups in total. The predicted molar refractivity (Wildman–Crippen MR) is 69.8 cm³/mol. The number of rotatable bonds is 6. The van der Waals surface area contributed by atoms with Gasteiger partial charge in [-0.2, -0.15) is 13.2 Å². The van der Waals surface area contributed by atoms with Crippen LogP contribution < -0.4 is 4.72 Å². The molecule has 4 nitrogen and oxygen atoms in total. The Morgan fingerprint density at radius 3 is 2.40 bits per heavy atom. The fraction of sp³-hybridized carbons (Fsp3) is 0.500. The molecule has 0 aliphatic rings. The van der Waals surface area contributed by atoms with E-state index in [0.717, 1.165) is 24.7 Å². The van der Waals surface area contributed by atoms with Gasteiger partial charge in [0.25, 0.3) is 0 Å². The van der Waals surface area contributed by atoms with Gasteiger partial charge in [-0.25, -0.2) is 13.1 Å². The summed E-state index contributed by atoms with van der Waals surface area (Å²) in [5, 5.41) is 0. The monoisotopic (exact) mass is 310 g/mol. The van der Waals surface area contributed by atoms with Crippen LogP contribution in [0.2, 0.25) is 0 Å². The summed E-state index contributed by atoms with van der Waals surface area (Å²) in [6.07, 6.45) is -4.70. The van der Waals surface area contributed by atoms with Crippen molar-refractivity contribution in [1.29, 1.82) is 0 Å². The number of alkyl halides is 3. The van der Waals surface area contributed by atoms with Crippen LogP contribution in [0.15, 0.2) is 29.2 Å². The van der Waals surface area contributed by atoms with E-state index in [1.807, 2.05) is 11.8 Å². The van der Waals surface area contributed by atoms with Gasteiger partial charge < -0.3 is 4.90 Å². The molecule has 0 atom stereocenters. The molecule has 1 rings (SSSR count). The van der Waals surface area contributed by atoms with Gasteiger partial charge >= 0.3 is 6.18 Å². The van der Waals surface area contributed by atoms with E-state index in [1.165, 1.54) is 6.07 Å². The van der Waals surface area contributed by atoms with Gasteiger partial charge in [-0.1, -0.05) is 19.1 Å². The molecule has 1 aromatic carbocycles. The first-order valence-electron chi connectivity index (χ1n) is 6.03. The van der Waals surface area contributed by atoms with E-state index in [0.29, 0.717) is 6.54 Å². The average molecular weight is 310 g/mol. The predicted octanol–water partition coefficient (Wildman–Crippen LogP) is 1.94. The lowest BCUT2D eigenvalue weighted by atomic mass is 10.2. The molecule has 0 aromatic heterocycles. The van der Waals surface area contributed by atoms with Crippen LogP contribution in [-0.2, 0) is 16.2 Å². The Bertz CT molecular complexity index is 544. The van der Waals surface area contributed by atoms with Crippen molar-refractivity contribution in [2.45, 2.75) is 18.0 Å². The lowest BCUT2D eigenvalue weighted by molar-refractivity contribution is -0.139. The molecule has 0 spiro atoms. The average Bonchev–Trinajstić information content (AvgIpc) is 2.37. The highest BCUT2D eigenvalue weighted by Gasteiger charge is 2.36. The molecule has 0 radical (unpaired) electrons. The Kier molecular flexibility index (Phi) is 5.55. The largest absolute Gasteiger partial charge is 0.417 e. The lowest BCUT2D eigenvalue weighted by Crippen LogP contribution is -2.33. The zero-order valence-electron chi connectivity index (χ0n) is 11.2. The molecular formula is C12H17F3N2O2S. The van der Waals surface area contributed by atoms with Gasteiger partial charge in [-0.05, 0) is 25.7 Å². The second-order valence-corrected chi connectivity index (χ2v) is 6.02. The molecule has 114 valence electrons. The summed E-state index contributed by atoms with van der Waals surface area (Å²) in [6, 6.07) is 4.14. The van der Waals surface area contributed by atoms with Crippen molar-refractivity contribution >= 4 is 10.0 Å². The normalized spacial score (nSPS) is 12.9. The fourth-order valence-electron chi connectivity index (χ4n) is 1.54. The van der Waals surface area contributed by atoms with Crippen molar-refractivity contribution in [3.05, 3.63) is 29.8 Å². The molecule has 0 amide bonds. The molecule has 1 aromatic rings. The first-order valence-corrected chi connectivity index (χ1v) is 7.51. The highest BCUT2D eigenvalue weighted by molar-refractivity contribution is 7.89. The second kappa shape index (κ2) is 6.55. The van der Waals surface area contributed by atoms with Gasteiger partial charge in [0, 0.05) is 13.1 Å². The highest BCUT2D eigenvalue weighted by atomic mass is 32.2. The number of benzene rings is 1. The molecule has 20 heavy (non-hydrogen) atoms.